The standard InChI is InChI=1S/C15H23NO4S/c1-5-6-12-7-9-13(10-8-12)14(17)16-15(2,3)11-21(18,19)20-4/h7-10H,5-6,11H2,1-4H3,(H,16,17). The topological polar surface area (TPSA) is 72.5 Å². The van der Waals surface area contributed by atoms with Gasteiger partial charge in [0.15, 0.2) is 0 Å². The molecule has 0 fully saturated rings. The van der Waals surface area contributed by atoms with Crippen molar-refractivity contribution in [2.75, 3.05) is 12.9 Å². The lowest BCUT2D eigenvalue weighted by molar-refractivity contribution is 0.0920. The Balaban J connectivity index is 2.75. The number of aryl methyl sites for hydroxylation is 1. The molecule has 21 heavy (non-hydrogen) atoms. The van der Waals surface area contributed by atoms with Crippen LogP contribution in [0.4, 0.5) is 0 Å². The van der Waals surface area contributed by atoms with Gasteiger partial charge < -0.3 is 5.32 Å². The van der Waals surface area contributed by atoms with E-state index in [1.165, 1.54) is 5.56 Å². The minimum atomic E-state index is -3.63. The number of carbonyl (C=O) groups excluding carboxylic acids is 1. The van der Waals surface area contributed by atoms with Crippen molar-refractivity contribution in [1.29, 1.82) is 0 Å². The van der Waals surface area contributed by atoms with Crippen molar-refractivity contribution in [2.24, 2.45) is 0 Å². The third-order valence-corrected chi connectivity index (χ3v) is 4.58. The zero-order valence-corrected chi connectivity index (χ0v) is 13.8. The Morgan fingerprint density at radius 1 is 1.24 bits per heavy atom. The SMILES string of the molecule is CCCc1ccc(C(=O)NC(C)(C)CS(=O)(=O)OC)cc1. The van der Waals surface area contributed by atoms with Gasteiger partial charge in [0.2, 0.25) is 0 Å². The maximum absolute atomic E-state index is 12.2. The number of nitrogens with one attached hydrogen (secondary N) is 1. The fourth-order valence-electron chi connectivity index (χ4n) is 2.03. The predicted octanol–water partition coefficient (Wildman–Crippen LogP) is 2.12. The highest BCUT2D eigenvalue weighted by molar-refractivity contribution is 7.86. The van der Waals surface area contributed by atoms with Crippen molar-refractivity contribution >= 4 is 16.0 Å². The molecule has 5 nitrogen and oxygen atoms in total. The highest BCUT2D eigenvalue weighted by Crippen LogP contribution is 2.11. The van der Waals surface area contributed by atoms with Crippen LogP contribution in [0.25, 0.3) is 0 Å². The van der Waals surface area contributed by atoms with Crippen LogP contribution in [-0.4, -0.2) is 32.7 Å². The van der Waals surface area contributed by atoms with Crippen LogP contribution in [0.15, 0.2) is 24.3 Å². The van der Waals surface area contributed by atoms with E-state index in [0.717, 1.165) is 20.0 Å². The van der Waals surface area contributed by atoms with Crippen molar-refractivity contribution in [3.63, 3.8) is 0 Å². The second-order valence-corrected chi connectivity index (χ2v) is 7.39. The molecule has 0 aliphatic carbocycles. The molecular weight excluding hydrogens is 290 g/mol. The molecule has 0 unspecified atom stereocenters. The molecule has 0 aliphatic heterocycles. The molecule has 1 N–H and O–H groups in total. The molecule has 1 amide bonds. The van der Waals surface area contributed by atoms with Gasteiger partial charge in [0.25, 0.3) is 16.0 Å². The maximum Gasteiger partial charge on any atom is 0.269 e. The van der Waals surface area contributed by atoms with E-state index in [9.17, 15) is 13.2 Å². The van der Waals surface area contributed by atoms with Gasteiger partial charge in [-0.2, -0.15) is 8.42 Å². The van der Waals surface area contributed by atoms with E-state index in [0.29, 0.717) is 5.56 Å². The molecule has 0 aromatic heterocycles. The van der Waals surface area contributed by atoms with Gasteiger partial charge in [0.05, 0.1) is 18.4 Å². The van der Waals surface area contributed by atoms with Crippen LogP contribution in [0.1, 0.15) is 43.1 Å². The monoisotopic (exact) mass is 313 g/mol. The molecule has 0 aliphatic rings. The van der Waals surface area contributed by atoms with Crippen LogP contribution in [0.5, 0.6) is 0 Å². The van der Waals surface area contributed by atoms with Crippen LogP contribution in [0, 0.1) is 0 Å². The number of benzene rings is 1. The summed E-state index contributed by atoms with van der Waals surface area (Å²) < 4.78 is 27.4. The molecule has 6 heteroatoms. The van der Waals surface area contributed by atoms with Crippen LogP contribution < -0.4 is 5.32 Å². The van der Waals surface area contributed by atoms with Gasteiger partial charge in [-0.15, -0.1) is 0 Å². The van der Waals surface area contributed by atoms with E-state index >= 15 is 0 Å². The Morgan fingerprint density at radius 2 is 1.81 bits per heavy atom. The summed E-state index contributed by atoms with van der Waals surface area (Å²) in [5.41, 5.74) is 0.779. The molecule has 0 bridgehead atoms. The smallest absolute Gasteiger partial charge is 0.269 e. The summed E-state index contributed by atoms with van der Waals surface area (Å²) in [4.78, 5) is 12.2. The lowest BCUT2D eigenvalue weighted by Crippen LogP contribution is -2.48. The molecular formula is C15H23NO4S. The summed E-state index contributed by atoms with van der Waals surface area (Å²) in [7, 11) is -2.52. The minimum Gasteiger partial charge on any atom is -0.346 e. The first-order valence-corrected chi connectivity index (χ1v) is 8.46. The summed E-state index contributed by atoms with van der Waals surface area (Å²) in [6.45, 7) is 5.39. The number of hydrogen-bond donors (Lipinski definition) is 1. The molecule has 0 radical (unpaired) electrons. The maximum atomic E-state index is 12.2. The molecule has 1 aromatic carbocycles. The Kier molecular flexibility index (Phi) is 5.92. The van der Waals surface area contributed by atoms with Crippen molar-refractivity contribution in [3.05, 3.63) is 35.4 Å². The number of amides is 1. The number of hydrogen-bond acceptors (Lipinski definition) is 4. The van der Waals surface area contributed by atoms with E-state index < -0.39 is 15.7 Å². The highest BCUT2D eigenvalue weighted by atomic mass is 32.2. The third kappa shape index (κ3) is 5.85. The summed E-state index contributed by atoms with van der Waals surface area (Å²) in [6, 6.07) is 7.33. The van der Waals surface area contributed by atoms with Crippen molar-refractivity contribution in [3.8, 4) is 0 Å². The van der Waals surface area contributed by atoms with Gasteiger partial charge >= 0.3 is 0 Å². The largest absolute Gasteiger partial charge is 0.346 e. The predicted molar refractivity (Wildman–Crippen MR) is 82.8 cm³/mol. The Bertz CT molecular complexity index is 576. The average molecular weight is 313 g/mol. The second-order valence-electron chi connectivity index (χ2n) is 5.65. The Hall–Kier alpha value is -1.40. The van der Waals surface area contributed by atoms with Crippen LogP contribution in [-0.2, 0) is 20.7 Å². The number of carbonyl (C=O) groups is 1. The molecule has 1 rings (SSSR count). The average Bonchev–Trinajstić information content (AvgIpc) is 2.38. The van der Waals surface area contributed by atoms with Crippen molar-refractivity contribution in [1.82, 2.24) is 5.32 Å². The quantitative estimate of drug-likeness (QED) is 0.783. The lowest BCUT2D eigenvalue weighted by atomic mass is 10.1. The van der Waals surface area contributed by atoms with E-state index in [1.54, 1.807) is 26.0 Å². The van der Waals surface area contributed by atoms with Crippen molar-refractivity contribution < 1.29 is 17.4 Å². The van der Waals surface area contributed by atoms with E-state index in [-0.39, 0.29) is 11.7 Å². The van der Waals surface area contributed by atoms with Gasteiger partial charge in [-0.3, -0.25) is 8.98 Å². The molecule has 0 saturated heterocycles. The first kappa shape index (κ1) is 17.7. The first-order valence-electron chi connectivity index (χ1n) is 6.89. The summed E-state index contributed by atoms with van der Waals surface area (Å²) in [6.07, 6.45) is 2.02. The zero-order valence-electron chi connectivity index (χ0n) is 13.0. The van der Waals surface area contributed by atoms with E-state index in [2.05, 4.69) is 16.4 Å². The molecule has 0 saturated carbocycles. The Morgan fingerprint density at radius 3 is 2.29 bits per heavy atom. The molecule has 0 atom stereocenters. The van der Waals surface area contributed by atoms with Gasteiger partial charge in [-0.1, -0.05) is 25.5 Å². The molecule has 118 valence electrons. The van der Waals surface area contributed by atoms with Gasteiger partial charge in [0.1, 0.15) is 0 Å². The number of rotatable bonds is 7. The summed E-state index contributed by atoms with van der Waals surface area (Å²) in [5.74, 6) is -0.578. The third-order valence-electron chi connectivity index (χ3n) is 3.00. The normalized spacial score (nSPS) is 12.2. The molecule has 1 aromatic rings. The molecule has 0 heterocycles. The van der Waals surface area contributed by atoms with Crippen LogP contribution in [0.2, 0.25) is 0 Å². The summed E-state index contributed by atoms with van der Waals surface area (Å²) in [5, 5.41) is 2.72. The van der Waals surface area contributed by atoms with Crippen LogP contribution in [0.3, 0.4) is 0 Å². The van der Waals surface area contributed by atoms with Gasteiger partial charge in [0, 0.05) is 5.56 Å². The Labute approximate surface area is 126 Å². The molecule has 0 spiro atoms. The fourth-order valence-corrected chi connectivity index (χ4v) is 3.10. The van der Waals surface area contributed by atoms with Gasteiger partial charge in [-0.25, -0.2) is 0 Å². The zero-order chi connectivity index (χ0) is 16.1. The fraction of sp³-hybridized carbons (Fsp3) is 0.533. The highest BCUT2D eigenvalue weighted by Gasteiger charge is 2.28. The first-order chi connectivity index (χ1) is 9.69. The van der Waals surface area contributed by atoms with E-state index in [4.69, 9.17) is 0 Å². The second kappa shape index (κ2) is 7.04. The van der Waals surface area contributed by atoms with Crippen LogP contribution >= 0.6 is 0 Å². The lowest BCUT2D eigenvalue weighted by Gasteiger charge is -2.25. The van der Waals surface area contributed by atoms with E-state index in [1.807, 2.05) is 12.1 Å². The summed E-state index contributed by atoms with van der Waals surface area (Å²) >= 11 is 0. The van der Waals surface area contributed by atoms with Crippen molar-refractivity contribution in [2.45, 2.75) is 39.2 Å². The minimum absolute atomic E-state index is 0.282. The van der Waals surface area contributed by atoms with Gasteiger partial charge in [-0.05, 0) is 38.0 Å².